The van der Waals surface area contributed by atoms with E-state index < -0.39 is 0 Å². The molecule has 25 heavy (non-hydrogen) atoms. The van der Waals surface area contributed by atoms with Crippen molar-refractivity contribution in [2.75, 3.05) is 26.2 Å². The van der Waals surface area contributed by atoms with Crippen LogP contribution in [0.25, 0.3) is 0 Å². The van der Waals surface area contributed by atoms with E-state index >= 15 is 0 Å². The summed E-state index contributed by atoms with van der Waals surface area (Å²) in [7, 11) is 0. The quantitative estimate of drug-likeness (QED) is 0.851. The lowest BCUT2D eigenvalue weighted by Gasteiger charge is -2.38. The molecule has 2 aromatic carbocycles. The molecule has 2 aromatic rings. The molecule has 4 rings (SSSR count). The second-order valence-electron chi connectivity index (χ2n) is 7.31. The fourth-order valence-electron chi connectivity index (χ4n) is 4.04. The number of carbonyl (C=O) groups is 1. The van der Waals surface area contributed by atoms with E-state index in [1.165, 1.54) is 11.1 Å². The fourth-order valence-corrected chi connectivity index (χ4v) is 4.04. The second-order valence-corrected chi connectivity index (χ2v) is 7.31. The smallest absolute Gasteiger partial charge is 0.226 e. The Morgan fingerprint density at radius 3 is 2.16 bits per heavy atom. The van der Waals surface area contributed by atoms with Crippen LogP contribution in [-0.2, 0) is 4.79 Å². The minimum atomic E-state index is 0.209. The van der Waals surface area contributed by atoms with Crippen molar-refractivity contribution in [1.82, 2.24) is 9.80 Å². The van der Waals surface area contributed by atoms with Gasteiger partial charge in [-0.25, -0.2) is 0 Å². The number of hydrogen-bond acceptors (Lipinski definition) is 2. The molecule has 2 aliphatic rings. The molecular formula is C22H26N2O. The number of piperazine rings is 1. The molecule has 130 valence electrons. The summed E-state index contributed by atoms with van der Waals surface area (Å²) in [6.07, 6.45) is 1.02. The Hall–Kier alpha value is -2.13. The van der Waals surface area contributed by atoms with Gasteiger partial charge in [0.15, 0.2) is 0 Å². The first kappa shape index (κ1) is 16.3. The van der Waals surface area contributed by atoms with Crippen LogP contribution >= 0.6 is 0 Å². The van der Waals surface area contributed by atoms with Crippen LogP contribution in [0.15, 0.2) is 60.7 Å². The second kappa shape index (κ2) is 7.01. The van der Waals surface area contributed by atoms with Gasteiger partial charge in [-0.3, -0.25) is 9.69 Å². The lowest BCUT2D eigenvalue weighted by molar-refractivity contribution is -0.134. The Labute approximate surface area is 150 Å². The predicted molar refractivity (Wildman–Crippen MR) is 100 cm³/mol. The van der Waals surface area contributed by atoms with Crippen molar-refractivity contribution in [2.45, 2.75) is 25.3 Å². The first-order valence-electron chi connectivity index (χ1n) is 9.37. The van der Waals surface area contributed by atoms with Crippen LogP contribution in [0.1, 0.15) is 36.4 Å². The van der Waals surface area contributed by atoms with Crippen LogP contribution in [0, 0.1) is 5.92 Å². The molecule has 0 spiro atoms. The maximum Gasteiger partial charge on any atom is 0.226 e. The van der Waals surface area contributed by atoms with Gasteiger partial charge in [-0.15, -0.1) is 0 Å². The average Bonchev–Trinajstić information content (AvgIpc) is 3.49. The third-order valence-electron chi connectivity index (χ3n) is 5.79. The third kappa shape index (κ3) is 3.47. The highest BCUT2D eigenvalue weighted by Gasteiger charge is 2.46. The van der Waals surface area contributed by atoms with Gasteiger partial charge in [0.1, 0.15) is 0 Å². The van der Waals surface area contributed by atoms with E-state index in [9.17, 15) is 4.79 Å². The molecule has 0 radical (unpaired) electrons. The monoisotopic (exact) mass is 334 g/mol. The molecular weight excluding hydrogens is 308 g/mol. The number of amides is 1. The van der Waals surface area contributed by atoms with E-state index in [0.29, 0.717) is 17.9 Å². The summed E-state index contributed by atoms with van der Waals surface area (Å²) in [6, 6.07) is 21.5. The van der Waals surface area contributed by atoms with Crippen LogP contribution in [0.2, 0.25) is 0 Å². The molecule has 0 N–H and O–H groups in total. The number of rotatable bonds is 4. The molecule has 3 unspecified atom stereocenters. The Morgan fingerprint density at radius 2 is 1.52 bits per heavy atom. The van der Waals surface area contributed by atoms with Gasteiger partial charge in [-0.1, -0.05) is 60.7 Å². The minimum absolute atomic E-state index is 0.209. The van der Waals surface area contributed by atoms with Crippen LogP contribution in [0.3, 0.4) is 0 Å². The van der Waals surface area contributed by atoms with Crippen molar-refractivity contribution in [3.63, 3.8) is 0 Å². The van der Waals surface area contributed by atoms with Crippen molar-refractivity contribution in [3.8, 4) is 0 Å². The van der Waals surface area contributed by atoms with Crippen LogP contribution < -0.4 is 0 Å². The maximum atomic E-state index is 12.8. The predicted octanol–water partition coefficient (Wildman–Crippen LogP) is 3.70. The molecule has 0 aromatic heterocycles. The Kier molecular flexibility index (Phi) is 4.58. The van der Waals surface area contributed by atoms with Gasteiger partial charge < -0.3 is 4.90 Å². The Balaban J connectivity index is 1.31. The van der Waals surface area contributed by atoms with Gasteiger partial charge in [-0.2, -0.15) is 0 Å². The first-order valence-corrected chi connectivity index (χ1v) is 9.37. The van der Waals surface area contributed by atoms with Gasteiger partial charge in [-0.05, 0) is 30.4 Å². The lowest BCUT2D eigenvalue weighted by Crippen LogP contribution is -2.49. The molecule has 1 saturated heterocycles. The number of nitrogens with zero attached hydrogens (tertiary/aromatic N) is 2. The van der Waals surface area contributed by atoms with Crippen molar-refractivity contribution in [2.24, 2.45) is 5.92 Å². The van der Waals surface area contributed by atoms with Crippen molar-refractivity contribution < 1.29 is 4.79 Å². The van der Waals surface area contributed by atoms with E-state index in [-0.39, 0.29) is 5.92 Å². The number of carbonyl (C=O) groups excluding carboxylic acids is 1. The fraction of sp³-hybridized carbons (Fsp3) is 0.409. The van der Waals surface area contributed by atoms with Gasteiger partial charge in [0.05, 0.1) is 0 Å². The van der Waals surface area contributed by atoms with Gasteiger partial charge in [0.25, 0.3) is 0 Å². The van der Waals surface area contributed by atoms with Gasteiger partial charge >= 0.3 is 0 Å². The van der Waals surface area contributed by atoms with Crippen molar-refractivity contribution in [3.05, 3.63) is 71.8 Å². The van der Waals surface area contributed by atoms with Crippen LogP contribution in [-0.4, -0.2) is 41.9 Å². The summed E-state index contributed by atoms with van der Waals surface area (Å²) in [4.78, 5) is 17.4. The zero-order valence-corrected chi connectivity index (χ0v) is 14.8. The van der Waals surface area contributed by atoms with Gasteiger partial charge in [0, 0.05) is 38.1 Å². The summed E-state index contributed by atoms with van der Waals surface area (Å²) >= 11 is 0. The summed E-state index contributed by atoms with van der Waals surface area (Å²) < 4.78 is 0. The molecule has 1 saturated carbocycles. The first-order chi connectivity index (χ1) is 12.2. The third-order valence-corrected chi connectivity index (χ3v) is 5.79. The molecule has 1 aliphatic heterocycles. The molecule has 1 heterocycles. The van der Waals surface area contributed by atoms with Crippen molar-refractivity contribution in [1.29, 1.82) is 0 Å². The largest absolute Gasteiger partial charge is 0.340 e. The van der Waals surface area contributed by atoms with E-state index in [2.05, 4.69) is 71.3 Å². The van der Waals surface area contributed by atoms with E-state index in [1.807, 2.05) is 6.07 Å². The number of hydrogen-bond donors (Lipinski definition) is 0. The minimum Gasteiger partial charge on any atom is -0.340 e. The van der Waals surface area contributed by atoms with Crippen molar-refractivity contribution >= 4 is 5.91 Å². The van der Waals surface area contributed by atoms with E-state index in [0.717, 1.165) is 32.6 Å². The molecule has 3 heteroatoms. The Morgan fingerprint density at radius 1 is 0.920 bits per heavy atom. The van der Waals surface area contributed by atoms with Crippen LogP contribution in [0.4, 0.5) is 0 Å². The molecule has 2 fully saturated rings. The summed E-state index contributed by atoms with van der Waals surface area (Å²) in [6.45, 7) is 5.90. The Bertz CT molecular complexity index is 707. The summed E-state index contributed by atoms with van der Waals surface area (Å²) in [5.41, 5.74) is 2.67. The SMILES string of the molecule is CC(c1ccccc1)N1CCN(C(=O)C2CC2c2ccccc2)CC1. The highest BCUT2D eigenvalue weighted by atomic mass is 16.2. The average molecular weight is 334 g/mol. The summed E-state index contributed by atoms with van der Waals surface area (Å²) in [5.74, 6) is 1.01. The molecule has 1 amide bonds. The number of benzene rings is 2. The molecule has 3 atom stereocenters. The summed E-state index contributed by atoms with van der Waals surface area (Å²) in [5, 5.41) is 0. The molecule has 0 bridgehead atoms. The van der Waals surface area contributed by atoms with E-state index in [4.69, 9.17) is 0 Å². The molecule has 3 nitrogen and oxygen atoms in total. The highest BCUT2D eigenvalue weighted by molar-refractivity contribution is 5.83. The highest BCUT2D eigenvalue weighted by Crippen LogP contribution is 2.48. The topological polar surface area (TPSA) is 23.6 Å². The zero-order valence-electron chi connectivity index (χ0n) is 14.8. The molecule has 1 aliphatic carbocycles. The normalized spacial score (nSPS) is 24.8. The van der Waals surface area contributed by atoms with E-state index in [1.54, 1.807) is 0 Å². The lowest BCUT2D eigenvalue weighted by atomic mass is 10.1. The van der Waals surface area contributed by atoms with Crippen LogP contribution in [0.5, 0.6) is 0 Å². The maximum absolute atomic E-state index is 12.8. The van der Waals surface area contributed by atoms with Gasteiger partial charge in [0.2, 0.25) is 5.91 Å². The standard InChI is InChI=1S/C22H26N2O/c1-17(18-8-4-2-5-9-18)23-12-14-24(15-13-23)22(25)21-16-20(21)19-10-6-3-7-11-19/h2-11,17,20-21H,12-16H2,1H3. The zero-order chi connectivity index (χ0) is 17.2.